The van der Waals surface area contributed by atoms with Crippen LogP contribution in [0.3, 0.4) is 0 Å². The van der Waals surface area contributed by atoms with Crippen molar-refractivity contribution in [3.63, 3.8) is 0 Å². The lowest BCUT2D eigenvalue weighted by Crippen LogP contribution is -2.30. The van der Waals surface area contributed by atoms with Crippen molar-refractivity contribution < 1.29 is 45.0 Å². The summed E-state index contributed by atoms with van der Waals surface area (Å²) in [5.74, 6) is 11.8. The number of nitrogens with zero attached hydrogens (tertiary/aromatic N) is 12. The number of alkyl halides is 3. The highest BCUT2D eigenvalue weighted by atomic mass is 36.0. The number of hydrazine groups is 1. The number of nitrogen functional groups attached to an aromatic ring is 1. The fourth-order valence-electron chi connectivity index (χ4n) is 9.31. The van der Waals surface area contributed by atoms with Gasteiger partial charge in [-0.25, -0.2) is 10.6 Å². The first kappa shape index (κ1) is 95.5. The van der Waals surface area contributed by atoms with Crippen molar-refractivity contribution in [3.05, 3.63) is 295 Å². The lowest BCUT2D eigenvalue weighted by Gasteiger charge is -2.11. The number of thioether (sulfide) groups is 1. The van der Waals surface area contributed by atoms with Gasteiger partial charge in [-0.05, 0) is 199 Å². The number of aromatic amines is 1. The van der Waals surface area contributed by atoms with E-state index in [-0.39, 0.29) is 50.6 Å². The highest BCUT2D eigenvalue weighted by molar-refractivity contribution is 8.24. The molecule has 0 saturated heterocycles. The normalized spacial score (nSPS) is 10.1. The highest BCUT2D eigenvalue weighted by Gasteiger charge is 2.21. The van der Waals surface area contributed by atoms with Gasteiger partial charge in [0.05, 0.1) is 58.2 Å². The van der Waals surface area contributed by atoms with Crippen LogP contribution in [0, 0.1) is 44.3 Å². The molecule has 0 fully saturated rings. The minimum atomic E-state index is -3.22. The molecule has 6 heterocycles. The number of carbonyl (C=O) groups excluding carboxylic acids is 5. The molecule has 0 atom stereocenters. The number of ether oxygens (including phenoxy) is 1. The van der Waals surface area contributed by atoms with Crippen LogP contribution in [0.25, 0.3) is 57.1 Å². The van der Waals surface area contributed by atoms with E-state index in [0.717, 1.165) is 61.4 Å². The predicted molar refractivity (Wildman–Crippen MR) is 460 cm³/mol. The molecule has 7 aromatic carbocycles. The molecule has 0 spiro atoms. The monoisotopic (exact) mass is 1800 g/mol. The number of rotatable bonds is 17. The summed E-state index contributed by atoms with van der Waals surface area (Å²) in [5, 5.41) is 34.4. The SMILES string of the molecule is COC(=O)c1ccccc1C.Cc1ccccc1-c1nnc(CCl)o1.Cc1ccccc1-c1nnc(CSc2nnc(-c3ccncc3)n2-c2ccccc2Cl)o1.Cc1ccccc1C(=O)NCC(=O)CCl.Cc1ccccc1C(=O)NN.NN=O.O=C(Cl)CCl.O=P(Cl)(Cl)Cl.S=c1[nH]nc(-c2ccncc2)n1-c1ccccc1Cl.[HH].[HH]. The Hall–Kier alpha value is -10.1. The van der Waals surface area contributed by atoms with Gasteiger partial charge in [0, 0.05) is 66.3 Å². The van der Waals surface area contributed by atoms with E-state index in [1.54, 1.807) is 60.4 Å². The summed E-state index contributed by atoms with van der Waals surface area (Å²) < 4.78 is 29.6. The van der Waals surface area contributed by atoms with Crippen LogP contribution >= 0.6 is 133 Å². The molecule has 0 aliphatic heterocycles. The quantitative estimate of drug-likeness (QED) is 0.00540. The zero-order valence-corrected chi connectivity index (χ0v) is 70.9. The summed E-state index contributed by atoms with van der Waals surface area (Å²) in [7, 11) is 1.38. The molecule has 0 saturated carbocycles. The molecule has 13 rings (SSSR count). The number of benzene rings is 7. The van der Waals surface area contributed by atoms with E-state index in [2.05, 4.69) is 106 Å². The fourth-order valence-corrected chi connectivity index (χ4v) is 11.0. The zero-order valence-electron chi connectivity index (χ0n) is 61.6. The Morgan fingerprint density at radius 1 is 0.565 bits per heavy atom. The maximum absolute atomic E-state index is 11.6. The number of hydrogen-bond acceptors (Lipinski definition) is 23. The molecule has 7 N–H and O–H groups in total. The minimum Gasteiger partial charge on any atom is -0.465 e. The smallest absolute Gasteiger partial charge is 0.339 e. The molecule has 39 heteroatoms. The van der Waals surface area contributed by atoms with Crippen molar-refractivity contribution in [1.29, 1.82) is 0 Å². The number of ketones is 1. The average Bonchev–Trinajstić information content (AvgIpc) is 1.67. The molecule has 6 aromatic heterocycles. The molecule has 0 bridgehead atoms. The number of halogens is 9. The summed E-state index contributed by atoms with van der Waals surface area (Å²) in [5.41, 5.74) is 14.1. The maximum Gasteiger partial charge on any atom is 0.339 e. The second-order valence-corrected chi connectivity index (χ2v) is 32.5. The van der Waals surface area contributed by atoms with Crippen LogP contribution in [0.2, 0.25) is 10.0 Å². The van der Waals surface area contributed by atoms with Gasteiger partial charge in [-0.15, -0.1) is 70.3 Å². The molecular weight excluding hydrogens is 1730 g/mol. The van der Waals surface area contributed by atoms with Crippen LogP contribution in [0.15, 0.2) is 238 Å². The van der Waals surface area contributed by atoms with Crippen molar-refractivity contribution in [2.24, 2.45) is 17.0 Å². The number of H-pyrrole nitrogens is 1. The number of carbonyl (C=O) groups is 5. The lowest BCUT2D eigenvalue weighted by molar-refractivity contribution is -0.115. The van der Waals surface area contributed by atoms with Gasteiger partial charge < -0.3 is 18.9 Å². The second kappa shape index (κ2) is 51.0. The Morgan fingerprint density at radius 3 is 1.38 bits per heavy atom. The number of methoxy groups -OCH3 is 1. The van der Waals surface area contributed by atoms with Crippen molar-refractivity contribution in [2.75, 3.05) is 25.4 Å². The van der Waals surface area contributed by atoms with E-state index >= 15 is 0 Å². The van der Waals surface area contributed by atoms with Gasteiger partial charge in [0.2, 0.25) is 28.8 Å². The van der Waals surface area contributed by atoms with Crippen molar-refractivity contribution in [1.82, 2.24) is 70.6 Å². The van der Waals surface area contributed by atoms with Gasteiger partial charge in [-0.2, -0.15) is 5.10 Å². The zero-order chi connectivity index (χ0) is 84.4. The topological polar surface area (TPSA) is 385 Å². The maximum atomic E-state index is 11.6. The molecule has 604 valence electrons. The first-order valence-electron chi connectivity index (χ1n) is 33.1. The van der Waals surface area contributed by atoms with Crippen LogP contribution < -0.4 is 22.4 Å². The minimum absolute atomic E-state index is 0. The van der Waals surface area contributed by atoms with Crippen LogP contribution in [-0.2, 0) is 30.5 Å². The van der Waals surface area contributed by atoms with Crippen molar-refractivity contribution >= 4 is 161 Å². The van der Waals surface area contributed by atoms with E-state index in [1.807, 2.05) is 208 Å². The van der Waals surface area contributed by atoms with E-state index in [4.69, 9.17) is 101 Å². The average molecular weight is 1800 g/mol. The number of pyridine rings is 2. The van der Waals surface area contributed by atoms with E-state index in [1.165, 1.54) is 18.9 Å². The van der Waals surface area contributed by atoms with Gasteiger partial charge in [0.15, 0.2) is 27.4 Å². The van der Waals surface area contributed by atoms with Crippen LogP contribution in [0.1, 0.15) is 73.5 Å². The molecule has 27 nitrogen and oxygen atoms in total. The third kappa shape index (κ3) is 32.3. The summed E-state index contributed by atoms with van der Waals surface area (Å²) in [6.07, 6.45) is 6.87. The summed E-state index contributed by atoms with van der Waals surface area (Å²) >= 11 is 53.8. The summed E-state index contributed by atoms with van der Waals surface area (Å²) in [6, 6.07) is 60.2. The predicted octanol–water partition coefficient (Wildman–Crippen LogP) is 19.9. The third-order valence-corrected chi connectivity index (χ3v) is 17.5. The Bertz CT molecular complexity index is 5340. The lowest BCUT2D eigenvalue weighted by atomic mass is 10.1. The Balaban J connectivity index is 0.000000365. The van der Waals surface area contributed by atoms with Gasteiger partial charge in [0.25, 0.3) is 11.8 Å². The Kier molecular flexibility index (Phi) is 42.4. The molecule has 13 aromatic rings. The Morgan fingerprint density at radius 2 is 0.965 bits per heavy atom. The largest absolute Gasteiger partial charge is 0.465 e. The van der Waals surface area contributed by atoms with Gasteiger partial charge >= 0.3 is 11.2 Å². The van der Waals surface area contributed by atoms with Crippen LogP contribution in [0.5, 0.6) is 0 Å². The number of esters is 1. The number of hydrogen-bond donors (Lipinski definition) is 5. The van der Waals surface area contributed by atoms with E-state index in [0.29, 0.717) is 77.6 Å². The molecule has 0 aliphatic carbocycles. The molecule has 0 radical (unpaired) electrons. The van der Waals surface area contributed by atoms with Crippen LogP contribution in [-0.4, -0.2) is 114 Å². The van der Waals surface area contributed by atoms with Crippen molar-refractivity contribution in [2.45, 2.75) is 51.4 Å². The highest BCUT2D eigenvalue weighted by Crippen LogP contribution is 2.61. The number of nitroso groups, excluding NO2 is 1. The molecule has 0 aliphatic rings. The standard InChI is InChI=1S/C23H17ClN6OS.C13H9ClN4S.C11H12ClNO2.C10H9ClN2O.C9H10O2.C8H10N2O.C2H2Cl2O.Cl3OP.H2N2O.2H2/c1-15-6-2-3-7-17(15)22-28-26-20(31-22)14-32-23-29-27-21(16-10-12-25-13-11-16)30(23)19-9-5-4-8-18(19)24;14-10-3-1-2-4-11(10)18-12(16-17-13(18)19)9-5-7-15-8-6-9;1-8-4-2-3-5-10(8)11(15)13-7-9(14)6-12;1-7-4-2-3-5-8(7)10-13-12-9(6-11)14-10;1-7-5-3-4-6-8(7)9(10)11-2;1-6-4-2-3-5-7(6)8(11)10-9;3-1-2(4)5;1-5(2,3)4;1-2-3;;/h2-13H,14H2,1H3;1-8H,(H,17,19);2-5H,6-7H2,1H3,(H,13,15);2-5H,6H2,1H3;3-6H,1-2H3;2-5H,9H2,1H3,(H,10,11);1H2;;(H2,1,3);2*1H. The molecule has 0 unspecified atom stereocenters. The number of Topliss-reactive ketones (excluding diaryl/α,β-unsaturated/α-hetero) is 1. The van der Waals surface area contributed by atoms with Gasteiger partial charge in [-0.3, -0.25) is 59.2 Å². The van der Waals surface area contributed by atoms with Crippen LogP contribution in [0.4, 0.5) is 0 Å². The van der Waals surface area contributed by atoms with E-state index in [9.17, 15) is 28.5 Å². The molecule has 115 heavy (non-hydrogen) atoms. The number of amides is 2. The number of nitrogens with one attached hydrogen (secondary N) is 3. The number of aryl methyl sites for hydroxylation is 5. The number of aromatic nitrogens is 12. The number of nitrogens with two attached hydrogens (primary N) is 2. The first-order valence-corrected chi connectivity index (χ1v) is 41.7. The van der Waals surface area contributed by atoms with Crippen molar-refractivity contribution in [3.8, 4) is 57.1 Å². The summed E-state index contributed by atoms with van der Waals surface area (Å²) in [4.78, 5) is 70.3. The fraction of sp³-hybridized carbons (Fsp3) is 0.145. The van der Waals surface area contributed by atoms with E-state index < -0.39 is 10.4 Å². The molecule has 2 amide bonds. The first-order chi connectivity index (χ1) is 55.1. The third-order valence-electron chi connectivity index (χ3n) is 14.7. The molecular formula is C76H75Cl9N17O10PS2. The summed E-state index contributed by atoms with van der Waals surface area (Å²) in [6.45, 7) is 9.59. The second-order valence-electron chi connectivity index (χ2n) is 22.5. The van der Waals surface area contributed by atoms with Gasteiger partial charge in [-0.1, -0.05) is 150 Å². The number of para-hydroxylation sites is 2. The Labute approximate surface area is 717 Å². The van der Waals surface area contributed by atoms with Gasteiger partial charge in [0.1, 0.15) is 5.88 Å².